The molecule has 0 unspecified atom stereocenters. The number of H-pyrrole nitrogens is 1. The van der Waals surface area contributed by atoms with Crippen molar-refractivity contribution < 1.29 is 4.79 Å². The molecule has 0 fully saturated rings. The minimum Gasteiger partial charge on any atom is -0.360 e. The highest BCUT2D eigenvalue weighted by molar-refractivity contribution is 7.18. The lowest BCUT2D eigenvalue weighted by Gasteiger charge is -2.15. The number of nitrogens with one attached hydrogen (secondary N) is 1. The summed E-state index contributed by atoms with van der Waals surface area (Å²) in [5, 5.41) is 1.70. The molecule has 3 aromatic carbocycles. The number of carbonyl (C=O) groups is 1. The first-order valence-electron chi connectivity index (χ1n) is 9.68. The van der Waals surface area contributed by atoms with Gasteiger partial charge in [-0.05, 0) is 18.2 Å². The minimum absolute atomic E-state index is 0.0171. The molecule has 146 valence electrons. The number of anilines is 2. The monoisotopic (exact) mass is 409 g/mol. The van der Waals surface area contributed by atoms with Gasteiger partial charge in [-0.1, -0.05) is 78.1 Å². The maximum atomic E-state index is 13.6. The van der Waals surface area contributed by atoms with Gasteiger partial charge in [0.25, 0.3) is 0 Å². The van der Waals surface area contributed by atoms with Crippen LogP contribution in [-0.2, 0) is 0 Å². The van der Waals surface area contributed by atoms with E-state index in [1.807, 2.05) is 96.9 Å². The van der Waals surface area contributed by atoms with E-state index in [0.29, 0.717) is 16.1 Å². The van der Waals surface area contributed by atoms with Gasteiger partial charge in [-0.15, -0.1) is 0 Å². The van der Waals surface area contributed by atoms with Crippen LogP contribution in [0.4, 0.5) is 10.8 Å². The number of fused-ring (bicyclic) bond motifs is 1. The number of benzene rings is 3. The van der Waals surface area contributed by atoms with Crippen LogP contribution in [0.3, 0.4) is 0 Å². The standard InChI is InChI=1S/C25H19N3OS/c1-28(18-12-6-3-7-13-18)25-27-22(17-10-4-2-5-11-17)24(30-25)23(29)20-16-26-21-15-9-8-14-19(20)21/h2-16,26H,1H3. The number of hydrogen-bond donors (Lipinski definition) is 1. The summed E-state index contributed by atoms with van der Waals surface area (Å²) in [6.45, 7) is 0. The van der Waals surface area contributed by atoms with Gasteiger partial charge in [0.1, 0.15) is 4.88 Å². The fraction of sp³-hybridized carbons (Fsp3) is 0.0400. The lowest BCUT2D eigenvalue weighted by Crippen LogP contribution is -2.08. The van der Waals surface area contributed by atoms with Gasteiger partial charge in [0.05, 0.1) is 5.69 Å². The Morgan fingerprint density at radius 2 is 1.57 bits per heavy atom. The molecule has 4 nitrogen and oxygen atoms in total. The molecule has 0 aliphatic rings. The number of thiazole rings is 1. The van der Waals surface area contributed by atoms with E-state index < -0.39 is 0 Å². The third kappa shape index (κ3) is 3.19. The van der Waals surface area contributed by atoms with Crippen molar-refractivity contribution in [2.24, 2.45) is 0 Å². The molecule has 0 atom stereocenters. The number of carbonyl (C=O) groups excluding carboxylic acids is 1. The summed E-state index contributed by atoms with van der Waals surface area (Å²) >= 11 is 1.42. The molecule has 30 heavy (non-hydrogen) atoms. The number of ketones is 1. The Bertz CT molecular complexity index is 1320. The molecule has 0 spiro atoms. The van der Waals surface area contributed by atoms with E-state index in [0.717, 1.165) is 27.3 Å². The van der Waals surface area contributed by atoms with Gasteiger partial charge < -0.3 is 9.88 Å². The van der Waals surface area contributed by atoms with Crippen LogP contribution in [0.5, 0.6) is 0 Å². The van der Waals surface area contributed by atoms with E-state index in [1.165, 1.54) is 11.3 Å². The molecule has 0 bridgehead atoms. The Morgan fingerprint density at radius 1 is 0.900 bits per heavy atom. The van der Waals surface area contributed by atoms with Crippen molar-refractivity contribution in [3.8, 4) is 11.3 Å². The second kappa shape index (κ2) is 7.61. The van der Waals surface area contributed by atoms with Crippen LogP contribution < -0.4 is 4.90 Å². The zero-order valence-corrected chi connectivity index (χ0v) is 17.2. The Labute approximate surface area is 178 Å². The molecule has 5 heteroatoms. The first-order valence-corrected chi connectivity index (χ1v) is 10.5. The smallest absolute Gasteiger partial charge is 0.207 e. The zero-order valence-electron chi connectivity index (χ0n) is 16.4. The summed E-state index contributed by atoms with van der Waals surface area (Å²) in [5.74, 6) is -0.0171. The lowest BCUT2D eigenvalue weighted by molar-refractivity contribution is 0.104. The number of nitrogens with zero attached hydrogens (tertiary/aromatic N) is 2. The van der Waals surface area contributed by atoms with Crippen molar-refractivity contribution in [2.75, 3.05) is 11.9 Å². The van der Waals surface area contributed by atoms with Gasteiger partial charge in [-0.25, -0.2) is 4.98 Å². The Morgan fingerprint density at radius 3 is 2.33 bits per heavy atom. The van der Waals surface area contributed by atoms with E-state index in [-0.39, 0.29) is 5.78 Å². The van der Waals surface area contributed by atoms with Crippen LogP contribution >= 0.6 is 11.3 Å². The van der Waals surface area contributed by atoms with Crippen molar-refractivity contribution >= 4 is 38.8 Å². The first-order chi connectivity index (χ1) is 14.7. The van der Waals surface area contributed by atoms with Crippen LogP contribution in [0.25, 0.3) is 22.2 Å². The van der Waals surface area contributed by atoms with E-state index >= 15 is 0 Å². The molecule has 1 N–H and O–H groups in total. The lowest BCUT2D eigenvalue weighted by atomic mass is 10.0. The summed E-state index contributed by atoms with van der Waals surface area (Å²) in [6, 6.07) is 27.8. The fourth-order valence-corrected chi connectivity index (χ4v) is 4.57. The van der Waals surface area contributed by atoms with E-state index in [9.17, 15) is 4.79 Å². The van der Waals surface area contributed by atoms with Crippen molar-refractivity contribution in [1.29, 1.82) is 0 Å². The fourth-order valence-electron chi connectivity index (χ4n) is 3.54. The number of aromatic nitrogens is 2. The molecule has 0 radical (unpaired) electrons. The highest BCUT2D eigenvalue weighted by atomic mass is 32.1. The SMILES string of the molecule is CN(c1ccccc1)c1nc(-c2ccccc2)c(C(=O)c2c[nH]c3ccccc23)s1. The number of hydrogen-bond acceptors (Lipinski definition) is 4. The van der Waals surface area contributed by atoms with Gasteiger partial charge in [0.15, 0.2) is 5.13 Å². The molecule has 2 aromatic heterocycles. The summed E-state index contributed by atoms with van der Waals surface area (Å²) in [6.07, 6.45) is 1.79. The van der Waals surface area contributed by atoms with Gasteiger partial charge >= 0.3 is 0 Å². The highest BCUT2D eigenvalue weighted by Gasteiger charge is 2.24. The summed E-state index contributed by atoms with van der Waals surface area (Å²) in [5.41, 5.74) is 4.30. The van der Waals surface area contributed by atoms with Gasteiger partial charge in [-0.3, -0.25) is 4.79 Å². The van der Waals surface area contributed by atoms with Gasteiger partial charge in [-0.2, -0.15) is 0 Å². The average Bonchev–Trinajstić information content (AvgIpc) is 3.44. The maximum Gasteiger partial charge on any atom is 0.207 e. The number of rotatable bonds is 5. The Balaban J connectivity index is 1.65. The quantitative estimate of drug-likeness (QED) is 0.347. The molecule has 0 aliphatic heterocycles. The molecule has 0 amide bonds. The number of aromatic amines is 1. The predicted octanol–water partition coefficient (Wildman–Crippen LogP) is 6.29. The number of para-hydroxylation sites is 2. The van der Waals surface area contributed by atoms with Gasteiger partial charge in [0, 0.05) is 41.0 Å². The second-order valence-corrected chi connectivity index (χ2v) is 7.99. The molecule has 5 rings (SSSR count). The summed E-state index contributed by atoms with van der Waals surface area (Å²) in [4.78, 5) is 24.4. The summed E-state index contributed by atoms with van der Waals surface area (Å²) < 4.78 is 0. The average molecular weight is 410 g/mol. The van der Waals surface area contributed by atoms with Crippen molar-refractivity contribution in [3.63, 3.8) is 0 Å². The topological polar surface area (TPSA) is 49.0 Å². The zero-order chi connectivity index (χ0) is 20.5. The second-order valence-electron chi connectivity index (χ2n) is 7.01. The van der Waals surface area contributed by atoms with Crippen LogP contribution in [0.1, 0.15) is 15.2 Å². The predicted molar refractivity (Wildman–Crippen MR) is 124 cm³/mol. The third-order valence-corrected chi connectivity index (χ3v) is 6.26. The third-order valence-electron chi connectivity index (χ3n) is 5.13. The van der Waals surface area contributed by atoms with E-state index in [4.69, 9.17) is 4.98 Å². The summed E-state index contributed by atoms with van der Waals surface area (Å²) in [7, 11) is 1.98. The molecular formula is C25H19N3OS. The van der Waals surface area contributed by atoms with Crippen molar-refractivity contribution in [2.45, 2.75) is 0 Å². The van der Waals surface area contributed by atoms with E-state index in [1.54, 1.807) is 6.20 Å². The van der Waals surface area contributed by atoms with Crippen molar-refractivity contribution in [1.82, 2.24) is 9.97 Å². The highest BCUT2D eigenvalue weighted by Crippen LogP contribution is 2.37. The normalized spacial score (nSPS) is 11.0. The molecule has 0 saturated carbocycles. The Kier molecular flexibility index (Phi) is 4.65. The largest absolute Gasteiger partial charge is 0.360 e. The maximum absolute atomic E-state index is 13.6. The molecule has 2 heterocycles. The first kappa shape index (κ1) is 18.3. The van der Waals surface area contributed by atoms with E-state index in [2.05, 4.69) is 4.98 Å². The molecule has 5 aromatic rings. The van der Waals surface area contributed by atoms with Crippen LogP contribution in [-0.4, -0.2) is 22.8 Å². The molecular weight excluding hydrogens is 390 g/mol. The van der Waals surface area contributed by atoms with Crippen molar-refractivity contribution in [3.05, 3.63) is 102 Å². The minimum atomic E-state index is -0.0171. The van der Waals surface area contributed by atoms with Crippen LogP contribution in [0.2, 0.25) is 0 Å². The van der Waals surface area contributed by atoms with Crippen LogP contribution in [0.15, 0.2) is 91.1 Å². The van der Waals surface area contributed by atoms with Crippen LogP contribution in [0, 0.1) is 0 Å². The molecule has 0 aliphatic carbocycles. The van der Waals surface area contributed by atoms with Gasteiger partial charge in [0.2, 0.25) is 5.78 Å². The molecule has 0 saturated heterocycles. The Hall–Kier alpha value is -3.70.